The summed E-state index contributed by atoms with van der Waals surface area (Å²) >= 11 is 0. The lowest BCUT2D eigenvalue weighted by Gasteiger charge is -2.17. The molecular formula is C54H34N10O16. The number of ether oxygens (including phenoxy) is 1. The van der Waals surface area contributed by atoms with Gasteiger partial charge in [0.25, 0.3) is 46.4 Å². The Morgan fingerprint density at radius 3 is 1.41 bits per heavy atom. The molecule has 14 rings (SSSR count). The number of H-pyrrole nitrogens is 2. The van der Waals surface area contributed by atoms with Crippen molar-refractivity contribution in [1.82, 2.24) is 29.3 Å². The number of aromatic nitrogens is 4. The van der Waals surface area contributed by atoms with E-state index in [4.69, 9.17) is 4.74 Å². The molecule has 2 aliphatic heterocycles. The lowest BCUT2D eigenvalue weighted by molar-refractivity contribution is -0.384. The molecular weight excluding hydrogens is 1040 g/mol. The summed E-state index contributed by atoms with van der Waals surface area (Å²) in [4.78, 5) is 129. The number of nitro groups is 4. The Morgan fingerprint density at radius 2 is 0.963 bits per heavy atom. The number of nitrogens with zero attached hydrogens (tertiary/aromatic N) is 7. The number of fused-ring (bicyclic) bond motifs is 20. The van der Waals surface area contributed by atoms with Crippen LogP contribution in [0.2, 0.25) is 0 Å². The van der Waals surface area contributed by atoms with Crippen molar-refractivity contribution in [2.45, 2.75) is 51.0 Å². The zero-order valence-electron chi connectivity index (χ0n) is 41.2. The van der Waals surface area contributed by atoms with Crippen LogP contribution in [0.3, 0.4) is 0 Å². The number of benzene rings is 6. The van der Waals surface area contributed by atoms with Crippen LogP contribution in [0.4, 0.5) is 22.7 Å². The number of rotatable bonds is 7. The fraction of sp³-hybridized carbons (Fsp3) is 0.148. The van der Waals surface area contributed by atoms with Crippen LogP contribution in [-0.2, 0) is 14.3 Å². The molecule has 0 fully saturated rings. The number of non-ortho nitro benzene ring substituents is 4. The van der Waals surface area contributed by atoms with Crippen LogP contribution in [0.25, 0.3) is 87.2 Å². The largest absolute Gasteiger partial charge is 0.458 e. The van der Waals surface area contributed by atoms with Gasteiger partial charge in [-0.05, 0) is 30.3 Å². The normalized spacial score (nSPS) is 18.4. The van der Waals surface area contributed by atoms with Crippen LogP contribution in [0.5, 0.6) is 0 Å². The number of allylic oxidation sites excluding steroid dienone is 2. The number of esters is 1. The van der Waals surface area contributed by atoms with E-state index in [-0.39, 0.29) is 67.2 Å². The Kier molecular flexibility index (Phi) is 10.3. The fourth-order valence-corrected chi connectivity index (χ4v) is 12.2. The third-order valence-corrected chi connectivity index (χ3v) is 15.2. The fourth-order valence-electron chi connectivity index (χ4n) is 12.2. The molecule has 4 atom stereocenters. The predicted molar refractivity (Wildman–Crippen MR) is 284 cm³/mol. The number of imide groups is 4. The van der Waals surface area contributed by atoms with E-state index in [1.165, 1.54) is 73.7 Å². The molecule has 396 valence electrons. The maximum absolute atomic E-state index is 13.9. The highest BCUT2D eigenvalue weighted by Gasteiger charge is 2.45. The van der Waals surface area contributed by atoms with Gasteiger partial charge >= 0.3 is 5.97 Å². The van der Waals surface area contributed by atoms with Crippen molar-refractivity contribution in [1.29, 1.82) is 0 Å². The van der Waals surface area contributed by atoms with Gasteiger partial charge < -0.3 is 28.9 Å². The van der Waals surface area contributed by atoms with E-state index >= 15 is 0 Å². The molecule has 26 heteroatoms. The minimum atomic E-state index is -0.899. The minimum absolute atomic E-state index is 0.0617. The Hall–Kier alpha value is -11.0. The van der Waals surface area contributed by atoms with Crippen LogP contribution in [0, 0.1) is 40.5 Å². The number of aliphatic hydroxyl groups excluding tert-OH is 1. The van der Waals surface area contributed by atoms with Gasteiger partial charge in [0.05, 0.1) is 93.2 Å². The predicted octanol–water partition coefficient (Wildman–Crippen LogP) is 8.81. The number of hydrogen-bond acceptors (Lipinski definition) is 16. The number of nitro benzene ring substituents is 4. The van der Waals surface area contributed by atoms with Gasteiger partial charge in [-0.1, -0.05) is 18.2 Å². The van der Waals surface area contributed by atoms with Gasteiger partial charge in [0, 0.05) is 129 Å². The molecule has 80 heavy (non-hydrogen) atoms. The molecule has 6 aromatic carbocycles. The van der Waals surface area contributed by atoms with Gasteiger partial charge in [-0.15, -0.1) is 0 Å². The smallest absolute Gasteiger partial charge is 0.303 e. The summed E-state index contributed by atoms with van der Waals surface area (Å²) in [5.74, 6) is -4.39. The molecule has 4 N–H and O–H groups in total. The monoisotopic (exact) mass is 1080 g/mol. The Morgan fingerprint density at radius 1 is 0.550 bits per heavy atom. The third kappa shape index (κ3) is 6.81. The summed E-state index contributed by atoms with van der Waals surface area (Å²) in [6.07, 6.45) is 6.41. The highest BCUT2D eigenvalue weighted by atomic mass is 16.6. The van der Waals surface area contributed by atoms with E-state index in [1.807, 2.05) is 21.3 Å². The summed E-state index contributed by atoms with van der Waals surface area (Å²) in [6.45, 7) is 2.36. The van der Waals surface area contributed by atoms with E-state index in [0.29, 0.717) is 88.8 Å². The van der Waals surface area contributed by atoms with Gasteiger partial charge in [-0.25, -0.2) is 4.90 Å². The summed E-state index contributed by atoms with van der Waals surface area (Å²) < 4.78 is 9.12. The molecule has 4 aromatic heterocycles. The lowest BCUT2D eigenvalue weighted by atomic mass is 9.96. The number of aliphatic hydroxyl groups is 1. The van der Waals surface area contributed by atoms with Gasteiger partial charge in [0.2, 0.25) is 5.91 Å². The molecule has 6 heterocycles. The van der Waals surface area contributed by atoms with Crippen LogP contribution < -0.4 is 5.32 Å². The van der Waals surface area contributed by atoms with Crippen molar-refractivity contribution in [3.05, 3.63) is 160 Å². The first-order valence-corrected chi connectivity index (χ1v) is 24.4. The Balaban J connectivity index is 0.000000153. The molecule has 0 spiro atoms. The lowest BCUT2D eigenvalue weighted by Crippen LogP contribution is -2.34. The van der Waals surface area contributed by atoms with Crippen molar-refractivity contribution >= 4 is 145 Å². The Labute approximate surface area is 442 Å². The van der Waals surface area contributed by atoms with Crippen molar-refractivity contribution in [3.8, 4) is 0 Å². The number of carbonyl (C=O) groups excluding carboxylic acids is 6. The zero-order chi connectivity index (χ0) is 56.2. The van der Waals surface area contributed by atoms with E-state index in [9.17, 15) is 74.3 Å². The second-order valence-corrected chi connectivity index (χ2v) is 19.7. The Bertz CT molecular complexity index is 4790. The molecule has 0 saturated heterocycles. The van der Waals surface area contributed by atoms with Crippen LogP contribution in [0.15, 0.2) is 97.1 Å². The van der Waals surface area contributed by atoms with Gasteiger partial charge in [0.1, 0.15) is 6.10 Å². The van der Waals surface area contributed by atoms with Gasteiger partial charge in [-0.2, -0.15) is 0 Å². The van der Waals surface area contributed by atoms with E-state index in [2.05, 4.69) is 15.3 Å². The number of nitrogens with one attached hydrogen (secondary N) is 3. The highest BCUT2D eigenvalue weighted by Crippen LogP contribution is 2.50. The summed E-state index contributed by atoms with van der Waals surface area (Å²) in [5, 5.41) is 61.7. The molecule has 5 amide bonds. The number of amides is 5. The molecule has 10 aromatic rings. The average Bonchev–Trinajstić information content (AvgIpc) is 4.09. The molecule has 2 aliphatic carbocycles. The first-order valence-electron chi connectivity index (χ1n) is 24.4. The maximum Gasteiger partial charge on any atom is 0.303 e. The van der Waals surface area contributed by atoms with E-state index < -0.39 is 73.4 Å². The van der Waals surface area contributed by atoms with E-state index in [1.54, 1.807) is 18.2 Å². The first kappa shape index (κ1) is 48.6. The summed E-state index contributed by atoms with van der Waals surface area (Å²) in [6, 6.07) is 16.0. The van der Waals surface area contributed by atoms with Crippen molar-refractivity contribution in [2.24, 2.45) is 0 Å². The SMILES string of the molecule is CC(=O)O[C@H]1C=CC(n2c3ccc([N+](=O)[O-])cc3c3c4c(c5c6cc([N+](=O)[O-])ccc6[nH]c5c32)C(=O)N(C(C)=O)C4=O)C1.O=C1NC(=O)c2c1c1c3cc([N+](=O)[O-])ccc3[nH]c1c1c2c2cc([N+](=O)[O-])ccc2n1C1C=C[C@@H](O)C1. The van der Waals surface area contributed by atoms with Crippen molar-refractivity contribution < 1.29 is 58.3 Å². The quantitative estimate of drug-likeness (QED) is 0.0380. The number of carbonyl (C=O) groups is 6. The molecule has 26 nitrogen and oxygen atoms in total. The van der Waals surface area contributed by atoms with Gasteiger partial charge in [0.15, 0.2) is 0 Å². The van der Waals surface area contributed by atoms with Crippen LogP contribution in [0.1, 0.15) is 80.2 Å². The molecule has 0 radical (unpaired) electrons. The zero-order valence-corrected chi connectivity index (χ0v) is 41.2. The van der Waals surface area contributed by atoms with Gasteiger partial charge in [-0.3, -0.25) is 74.5 Å². The summed E-state index contributed by atoms with van der Waals surface area (Å²) in [7, 11) is 0. The highest BCUT2D eigenvalue weighted by molar-refractivity contribution is 6.43. The molecule has 4 aliphatic rings. The number of aromatic amines is 2. The summed E-state index contributed by atoms with van der Waals surface area (Å²) in [5.41, 5.74) is 2.74. The third-order valence-electron chi connectivity index (χ3n) is 15.2. The van der Waals surface area contributed by atoms with Crippen LogP contribution in [-0.4, -0.2) is 96.5 Å². The average molecular weight is 1080 g/mol. The van der Waals surface area contributed by atoms with Crippen molar-refractivity contribution in [3.63, 3.8) is 0 Å². The minimum Gasteiger partial charge on any atom is -0.458 e. The topological polar surface area (TPSA) is 361 Å². The van der Waals surface area contributed by atoms with Crippen molar-refractivity contribution in [2.75, 3.05) is 0 Å². The van der Waals surface area contributed by atoms with E-state index in [0.717, 1.165) is 6.92 Å². The maximum atomic E-state index is 13.9. The second-order valence-electron chi connectivity index (χ2n) is 19.7. The molecule has 0 bridgehead atoms. The van der Waals surface area contributed by atoms with Crippen LogP contribution >= 0.6 is 0 Å². The standard InChI is InChI=1S/C29H19N5O9.C25H15N5O7/c1-12(35)31-28(37)24-22-18-10-15(33(39)40)4-7-20(18)30-26(22)27-23(25(24)29(31)38)19-11-16(34(41)42)5-8-21(19)32(27)14-3-6-17(9-14)43-13(2)36;31-13-4-1-10(7-13)28-17-6-3-12(30(36)37)9-15(17)19-21-20(24(32)27-25(21)33)18-14-8-11(29(34)35)2-5-16(14)26-22(18)23(19)28/h3-8,10-11,14,17,30H,9H2,1-2H3;1-6,8-10,13,26,31H,7H2,(H,27,32,33)/t14?,17-;10?,13-/m01/s1. The number of hydrogen-bond donors (Lipinski definition) is 4. The second kappa shape index (κ2) is 17.0. The first-order chi connectivity index (χ1) is 38.2. The molecule has 2 unspecified atom stereocenters. The molecule has 0 saturated carbocycles.